The maximum Gasteiger partial charge on any atom is 0.309 e. The molecule has 2 aromatic carbocycles. The monoisotopic (exact) mass is 461 g/mol. The number of carbonyl (C=O) groups excluding carboxylic acids is 1. The van der Waals surface area contributed by atoms with Crippen molar-refractivity contribution in [3.63, 3.8) is 0 Å². The Bertz CT molecular complexity index is 1270. The summed E-state index contributed by atoms with van der Waals surface area (Å²) in [5, 5.41) is 0.845. The molecule has 3 aromatic rings. The summed E-state index contributed by atoms with van der Waals surface area (Å²) in [6.07, 6.45) is 0.727. The molecule has 0 bridgehead atoms. The topological polar surface area (TPSA) is 109 Å². The van der Waals surface area contributed by atoms with Crippen LogP contribution in [0, 0.1) is 5.92 Å². The van der Waals surface area contributed by atoms with Gasteiger partial charge < -0.3 is 9.72 Å². The van der Waals surface area contributed by atoms with Gasteiger partial charge in [-0.25, -0.2) is 13.4 Å². The molecule has 4 rings (SSSR count). The summed E-state index contributed by atoms with van der Waals surface area (Å²) in [5.41, 5.74) is 0.0777. The predicted molar refractivity (Wildman–Crippen MR) is 115 cm³/mol. The number of carbonyl (C=O) groups is 1. The van der Waals surface area contributed by atoms with E-state index in [1.807, 2.05) is 0 Å². The van der Waals surface area contributed by atoms with Gasteiger partial charge in [-0.2, -0.15) is 4.31 Å². The van der Waals surface area contributed by atoms with Gasteiger partial charge in [0.25, 0.3) is 5.56 Å². The number of sulfonamides is 1. The van der Waals surface area contributed by atoms with Crippen molar-refractivity contribution in [2.45, 2.75) is 24.3 Å². The zero-order chi connectivity index (χ0) is 22.0. The van der Waals surface area contributed by atoms with Crippen molar-refractivity contribution < 1.29 is 17.9 Å². The zero-order valence-electron chi connectivity index (χ0n) is 16.5. The van der Waals surface area contributed by atoms with Crippen molar-refractivity contribution in [2.24, 2.45) is 5.92 Å². The molecule has 0 amide bonds. The number of benzene rings is 2. The second-order valence-electron chi connectivity index (χ2n) is 7.27. The molecule has 2 heterocycles. The lowest BCUT2D eigenvalue weighted by molar-refractivity contribution is -0.151. The maximum absolute atomic E-state index is 12.7. The van der Waals surface area contributed by atoms with Crippen molar-refractivity contribution in [3.8, 4) is 0 Å². The van der Waals surface area contributed by atoms with Gasteiger partial charge in [0.15, 0.2) is 0 Å². The Balaban J connectivity index is 1.37. The summed E-state index contributed by atoms with van der Waals surface area (Å²) >= 11 is 5.95. The van der Waals surface area contributed by atoms with E-state index in [1.54, 1.807) is 48.5 Å². The number of ether oxygens (including phenoxy) is 1. The first kappa shape index (κ1) is 21.5. The van der Waals surface area contributed by atoms with E-state index in [2.05, 4.69) is 9.97 Å². The van der Waals surface area contributed by atoms with Crippen molar-refractivity contribution in [2.75, 3.05) is 13.1 Å². The molecular weight excluding hydrogens is 442 g/mol. The lowest BCUT2D eigenvalue weighted by atomic mass is 9.98. The first-order valence-electron chi connectivity index (χ1n) is 9.75. The molecule has 1 N–H and O–H groups in total. The molecule has 8 nitrogen and oxygen atoms in total. The third-order valence-corrected chi connectivity index (χ3v) is 7.38. The minimum atomic E-state index is -3.57. The normalized spacial score (nSPS) is 15.8. The number of piperidine rings is 1. The molecule has 0 unspecified atom stereocenters. The lowest BCUT2D eigenvalue weighted by Crippen LogP contribution is -2.40. The van der Waals surface area contributed by atoms with Crippen molar-refractivity contribution in [3.05, 3.63) is 69.7 Å². The zero-order valence-corrected chi connectivity index (χ0v) is 18.0. The van der Waals surface area contributed by atoms with Crippen LogP contribution in [0.5, 0.6) is 0 Å². The number of hydrogen-bond acceptors (Lipinski definition) is 6. The van der Waals surface area contributed by atoms with Crippen molar-refractivity contribution in [1.29, 1.82) is 0 Å². The van der Waals surface area contributed by atoms with E-state index in [0.29, 0.717) is 28.8 Å². The van der Waals surface area contributed by atoms with Crippen LogP contribution in [0.3, 0.4) is 0 Å². The molecule has 10 heteroatoms. The van der Waals surface area contributed by atoms with E-state index in [1.165, 1.54) is 4.31 Å². The predicted octanol–water partition coefficient (Wildman–Crippen LogP) is 2.72. The third kappa shape index (κ3) is 4.63. The first-order chi connectivity index (χ1) is 14.8. The van der Waals surface area contributed by atoms with Gasteiger partial charge in [0, 0.05) is 18.1 Å². The van der Waals surface area contributed by atoms with Crippen molar-refractivity contribution >= 4 is 38.5 Å². The minimum Gasteiger partial charge on any atom is -0.457 e. The highest BCUT2D eigenvalue weighted by atomic mass is 35.5. The van der Waals surface area contributed by atoms with Gasteiger partial charge in [0.1, 0.15) is 12.4 Å². The quantitative estimate of drug-likeness (QED) is 0.585. The number of aromatic amines is 1. The van der Waals surface area contributed by atoms with Gasteiger partial charge in [-0.3, -0.25) is 9.59 Å². The van der Waals surface area contributed by atoms with E-state index in [4.69, 9.17) is 16.3 Å². The number of H-pyrrole nitrogens is 1. The maximum atomic E-state index is 12.7. The molecule has 0 radical (unpaired) electrons. The fourth-order valence-electron chi connectivity index (χ4n) is 3.56. The number of rotatable bonds is 5. The number of hydrogen-bond donors (Lipinski definition) is 1. The van der Waals surface area contributed by atoms with Crippen LogP contribution in [0.15, 0.2) is 58.2 Å². The molecule has 162 valence electrons. The highest BCUT2D eigenvalue weighted by molar-refractivity contribution is 7.89. The molecule has 0 saturated carbocycles. The van der Waals surface area contributed by atoms with Gasteiger partial charge in [-0.15, -0.1) is 0 Å². The molecule has 1 fully saturated rings. The number of nitrogens with one attached hydrogen (secondary N) is 1. The lowest BCUT2D eigenvalue weighted by Gasteiger charge is -2.30. The van der Waals surface area contributed by atoms with Gasteiger partial charge >= 0.3 is 5.97 Å². The fourth-order valence-corrected chi connectivity index (χ4v) is 5.22. The van der Waals surface area contributed by atoms with Gasteiger partial charge in [-0.1, -0.05) is 29.8 Å². The Hall–Kier alpha value is -2.75. The molecule has 1 aromatic heterocycles. The van der Waals surface area contributed by atoms with E-state index >= 15 is 0 Å². The Morgan fingerprint density at radius 1 is 1.16 bits per heavy atom. The Labute approximate surface area is 183 Å². The molecular formula is C21H20ClN3O5S. The number of fused-ring (bicyclic) bond motifs is 1. The average Bonchev–Trinajstić information content (AvgIpc) is 2.78. The SMILES string of the molecule is O=C(OCc1nc2cc(Cl)ccc2c(=O)[nH]1)C1CCN(S(=O)(=O)c2ccccc2)CC1. The average molecular weight is 462 g/mol. The fraction of sp³-hybridized carbons (Fsp3) is 0.286. The van der Waals surface area contributed by atoms with E-state index in [9.17, 15) is 18.0 Å². The third-order valence-electron chi connectivity index (χ3n) is 5.24. The largest absolute Gasteiger partial charge is 0.457 e. The summed E-state index contributed by atoms with van der Waals surface area (Å²) in [5.74, 6) is -0.633. The van der Waals surface area contributed by atoms with Crippen LogP contribution in [0.4, 0.5) is 0 Å². The Morgan fingerprint density at radius 3 is 2.58 bits per heavy atom. The molecule has 0 atom stereocenters. The Morgan fingerprint density at radius 2 is 1.87 bits per heavy atom. The summed E-state index contributed by atoms with van der Waals surface area (Å²) in [6.45, 7) is 0.292. The van der Waals surface area contributed by atoms with E-state index < -0.39 is 21.9 Å². The van der Waals surface area contributed by atoms with Gasteiger partial charge in [0.05, 0.1) is 21.7 Å². The number of halogens is 1. The number of aromatic nitrogens is 2. The second-order valence-corrected chi connectivity index (χ2v) is 9.65. The van der Waals surface area contributed by atoms with E-state index in [-0.39, 0.29) is 36.0 Å². The molecule has 1 aliphatic rings. The van der Waals surface area contributed by atoms with Crippen LogP contribution in [-0.4, -0.2) is 41.7 Å². The van der Waals surface area contributed by atoms with Crippen LogP contribution < -0.4 is 5.56 Å². The second kappa shape index (κ2) is 8.78. The van der Waals surface area contributed by atoms with Gasteiger partial charge in [0.2, 0.25) is 10.0 Å². The summed E-state index contributed by atoms with van der Waals surface area (Å²) in [4.78, 5) is 31.8. The minimum absolute atomic E-state index is 0.181. The molecule has 0 spiro atoms. The summed E-state index contributed by atoms with van der Waals surface area (Å²) < 4.78 is 32.1. The standard InChI is InChI=1S/C21H20ClN3O5S/c22-15-6-7-17-18(12-15)23-19(24-20(17)26)13-30-21(27)14-8-10-25(11-9-14)31(28,29)16-4-2-1-3-5-16/h1-7,12,14H,8-11,13H2,(H,23,24,26). The van der Waals surface area contributed by atoms with E-state index in [0.717, 1.165) is 0 Å². The molecule has 0 aliphatic carbocycles. The van der Waals surface area contributed by atoms with Crippen LogP contribution in [0.25, 0.3) is 10.9 Å². The van der Waals surface area contributed by atoms with Crippen LogP contribution in [0.2, 0.25) is 5.02 Å². The highest BCUT2D eigenvalue weighted by Crippen LogP contribution is 2.25. The highest BCUT2D eigenvalue weighted by Gasteiger charge is 2.32. The number of nitrogens with zero attached hydrogens (tertiary/aromatic N) is 2. The smallest absolute Gasteiger partial charge is 0.309 e. The summed E-state index contributed by atoms with van der Waals surface area (Å²) in [7, 11) is -3.57. The van der Waals surface area contributed by atoms with Crippen LogP contribution in [0.1, 0.15) is 18.7 Å². The summed E-state index contributed by atoms with van der Waals surface area (Å²) in [6, 6.07) is 13.0. The van der Waals surface area contributed by atoms with Gasteiger partial charge in [-0.05, 0) is 43.2 Å². The van der Waals surface area contributed by atoms with Crippen LogP contribution in [-0.2, 0) is 26.2 Å². The van der Waals surface area contributed by atoms with Crippen LogP contribution >= 0.6 is 11.6 Å². The molecule has 1 aliphatic heterocycles. The first-order valence-corrected chi connectivity index (χ1v) is 11.6. The molecule has 31 heavy (non-hydrogen) atoms. The molecule has 1 saturated heterocycles. The van der Waals surface area contributed by atoms with Crippen molar-refractivity contribution in [1.82, 2.24) is 14.3 Å². The Kier molecular flexibility index (Phi) is 6.08. The number of esters is 1.